The molecule has 0 unspecified atom stereocenters. The van der Waals surface area contributed by atoms with Crippen molar-refractivity contribution < 1.29 is 9.59 Å². The van der Waals surface area contributed by atoms with E-state index in [1.807, 2.05) is 19.1 Å². The third kappa shape index (κ3) is 4.19. The summed E-state index contributed by atoms with van der Waals surface area (Å²) in [6.07, 6.45) is 0.503. The van der Waals surface area contributed by atoms with E-state index in [-0.39, 0.29) is 29.9 Å². The maximum Gasteiger partial charge on any atom is 0.220 e. The number of ketones is 1. The van der Waals surface area contributed by atoms with Crippen LogP contribution in [-0.4, -0.2) is 18.7 Å². The lowest BCUT2D eigenvalue weighted by Gasteiger charge is -2.20. The van der Waals surface area contributed by atoms with Crippen LogP contribution < -0.4 is 5.32 Å². The summed E-state index contributed by atoms with van der Waals surface area (Å²) in [6, 6.07) is 6.00. The SMILES string of the molecule is CNC(=O)CCC(=O)c1cc(C(C)(C)C)ccc1C. The van der Waals surface area contributed by atoms with Crippen molar-refractivity contribution in [1.29, 1.82) is 0 Å². The van der Waals surface area contributed by atoms with Gasteiger partial charge in [-0.15, -0.1) is 0 Å². The summed E-state index contributed by atoms with van der Waals surface area (Å²) in [7, 11) is 1.58. The second-order valence-electron chi connectivity index (χ2n) is 5.88. The van der Waals surface area contributed by atoms with Gasteiger partial charge in [0.25, 0.3) is 0 Å². The number of benzene rings is 1. The van der Waals surface area contributed by atoms with Crippen LogP contribution in [0.1, 0.15) is 55.1 Å². The molecule has 0 saturated carbocycles. The third-order valence-corrected chi connectivity index (χ3v) is 3.26. The number of carbonyl (C=O) groups excluding carboxylic acids is 2. The number of amides is 1. The van der Waals surface area contributed by atoms with Crippen molar-refractivity contribution in [3.63, 3.8) is 0 Å². The molecule has 0 bridgehead atoms. The minimum absolute atomic E-state index is 0.0174. The van der Waals surface area contributed by atoms with E-state index < -0.39 is 0 Å². The van der Waals surface area contributed by atoms with Gasteiger partial charge >= 0.3 is 0 Å². The molecule has 0 aliphatic rings. The molecule has 1 N–H and O–H groups in total. The Morgan fingerprint density at radius 2 is 1.79 bits per heavy atom. The first kappa shape index (κ1) is 15.4. The zero-order valence-electron chi connectivity index (χ0n) is 12.5. The summed E-state index contributed by atoms with van der Waals surface area (Å²) >= 11 is 0. The number of carbonyl (C=O) groups is 2. The van der Waals surface area contributed by atoms with Gasteiger partial charge in [0.15, 0.2) is 5.78 Å². The predicted molar refractivity (Wildman–Crippen MR) is 77.5 cm³/mol. The van der Waals surface area contributed by atoms with E-state index in [1.165, 1.54) is 0 Å². The molecular weight excluding hydrogens is 238 g/mol. The number of hydrogen-bond acceptors (Lipinski definition) is 2. The van der Waals surface area contributed by atoms with Crippen LogP contribution >= 0.6 is 0 Å². The highest BCUT2D eigenvalue weighted by Gasteiger charge is 2.17. The minimum atomic E-state index is -0.0991. The molecule has 104 valence electrons. The van der Waals surface area contributed by atoms with Gasteiger partial charge < -0.3 is 5.32 Å². The molecule has 1 amide bonds. The van der Waals surface area contributed by atoms with Crippen molar-refractivity contribution in [1.82, 2.24) is 5.32 Å². The van der Waals surface area contributed by atoms with E-state index in [0.29, 0.717) is 0 Å². The summed E-state index contributed by atoms with van der Waals surface area (Å²) in [5.41, 5.74) is 2.86. The molecule has 3 nitrogen and oxygen atoms in total. The molecule has 0 heterocycles. The van der Waals surface area contributed by atoms with Crippen molar-refractivity contribution in [3.8, 4) is 0 Å². The average Bonchev–Trinajstić information content (AvgIpc) is 2.34. The first-order valence-electron chi connectivity index (χ1n) is 6.60. The van der Waals surface area contributed by atoms with Crippen LogP contribution in [0.25, 0.3) is 0 Å². The molecule has 0 radical (unpaired) electrons. The van der Waals surface area contributed by atoms with E-state index in [0.717, 1.165) is 16.7 Å². The van der Waals surface area contributed by atoms with Crippen molar-refractivity contribution in [2.24, 2.45) is 0 Å². The Hall–Kier alpha value is -1.64. The lowest BCUT2D eigenvalue weighted by molar-refractivity contribution is -0.120. The molecule has 3 heteroatoms. The lowest BCUT2D eigenvalue weighted by atomic mass is 9.84. The molecule has 0 aromatic heterocycles. The summed E-state index contributed by atoms with van der Waals surface area (Å²) in [6.45, 7) is 8.29. The quantitative estimate of drug-likeness (QED) is 0.847. The molecule has 1 aromatic rings. The summed E-state index contributed by atoms with van der Waals surface area (Å²) in [5, 5.41) is 2.53. The molecule has 0 fully saturated rings. The Morgan fingerprint density at radius 1 is 1.16 bits per heavy atom. The van der Waals surface area contributed by atoms with E-state index in [2.05, 4.69) is 32.2 Å². The zero-order chi connectivity index (χ0) is 14.6. The highest BCUT2D eigenvalue weighted by molar-refractivity contribution is 5.99. The van der Waals surface area contributed by atoms with Gasteiger partial charge in [-0.25, -0.2) is 0 Å². The van der Waals surface area contributed by atoms with Crippen LogP contribution in [0, 0.1) is 6.92 Å². The summed E-state index contributed by atoms with van der Waals surface area (Å²) in [4.78, 5) is 23.4. The third-order valence-electron chi connectivity index (χ3n) is 3.26. The maximum atomic E-state index is 12.2. The Labute approximate surface area is 115 Å². The monoisotopic (exact) mass is 261 g/mol. The van der Waals surface area contributed by atoms with Gasteiger partial charge in [0.05, 0.1) is 0 Å². The van der Waals surface area contributed by atoms with Crippen LogP contribution in [0.4, 0.5) is 0 Å². The Bertz CT molecular complexity index is 484. The van der Waals surface area contributed by atoms with Crippen molar-refractivity contribution in [3.05, 3.63) is 34.9 Å². The van der Waals surface area contributed by atoms with Crippen LogP contribution in [0.5, 0.6) is 0 Å². The largest absolute Gasteiger partial charge is 0.359 e. The molecule has 0 aliphatic carbocycles. The van der Waals surface area contributed by atoms with Crippen molar-refractivity contribution >= 4 is 11.7 Å². The fourth-order valence-electron chi connectivity index (χ4n) is 1.88. The smallest absolute Gasteiger partial charge is 0.220 e. The van der Waals surface area contributed by atoms with E-state index >= 15 is 0 Å². The minimum Gasteiger partial charge on any atom is -0.359 e. The highest BCUT2D eigenvalue weighted by atomic mass is 16.2. The van der Waals surface area contributed by atoms with Gasteiger partial charge in [0, 0.05) is 25.5 Å². The second-order valence-corrected chi connectivity index (χ2v) is 5.88. The van der Waals surface area contributed by atoms with Crippen LogP contribution in [-0.2, 0) is 10.2 Å². The standard InChI is InChI=1S/C16H23NO2/c1-11-6-7-12(16(2,3)4)10-13(11)14(18)8-9-15(19)17-5/h6-7,10H,8-9H2,1-5H3,(H,17,19). The first-order valence-corrected chi connectivity index (χ1v) is 6.60. The van der Waals surface area contributed by atoms with Gasteiger partial charge in [-0.05, 0) is 29.5 Å². The average molecular weight is 261 g/mol. The van der Waals surface area contributed by atoms with Gasteiger partial charge in [0.1, 0.15) is 0 Å². The summed E-state index contributed by atoms with van der Waals surface area (Å²) < 4.78 is 0. The Balaban J connectivity index is 2.93. The van der Waals surface area contributed by atoms with Gasteiger partial charge in [-0.2, -0.15) is 0 Å². The van der Waals surface area contributed by atoms with E-state index in [9.17, 15) is 9.59 Å². The van der Waals surface area contributed by atoms with Gasteiger partial charge in [-0.1, -0.05) is 32.9 Å². The Kier molecular flexibility index (Phi) is 4.87. The predicted octanol–water partition coefficient (Wildman–Crippen LogP) is 3.00. The molecule has 0 saturated heterocycles. The van der Waals surface area contributed by atoms with E-state index in [4.69, 9.17) is 0 Å². The molecule has 0 spiro atoms. The number of rotatable bonds is 4. The molecule has 19 heavy (non-hydrogen) atoms. The van der Waals surface area contributed by atoms with Crippen molar-refractivity contribution in [2.45, 2.75) is 46.0 Å². The zero-order valence-corrected chi connectivity index (χ0v) is 12.5. The topological polar surface area (TPSA) is 46.2 Å². The number of nitrogens with one attached hydrogen (secondary N) is 1. The van der Waals surface area contributed by atoms with Gasteiger partial charge in [0.2, 0.25) is 5.91 Å². The molecule has 1 aromatic carbocycles. The molecule has 0 aliphatic heterocycles. The Morgan fingerprint density at radius 3 is 2.32 bits per heavy atom. The lowest BCUT2D eigenvalue weighted by Crippen LogP contribution is -2.19. The first-order chi connectivity index (χ1) is 8.75. The fraction of sp³-hybridized carbons (Fsp3) is 0.500. The van der Waals surface area contributed by atoms with Crippen LogP contribution in [0.2, 0.25) is 0 Å². The molecule has 1 rings (SSSR count). The highest BCUT2D eigenvalue weighted by Crippen LogP contribution is 2.25. The van der Waals surface area contributed by atoms with E-state index in [1.54, 1.807) is 7.05 Å². The fourth-order valence-corrected chi connectivity index (χ4v) is 1.88. The number of aryl methyl sites for hydroxylation is 1. The maximum absolute atomic E-state index is 12.2. The number of Topliss-reactive ketones (excluding diaryl/α,β-unsaturated/α-hetero) is 1. The number of hydrogen-bond donors (Lipinski definition) is 1. The summed E-state index contributed by atoms with van der Waals surface area (Å²) in [5.74, 6) is -0.0646. The van der Waals surface area contributed by atoms with Gasteiger partial charge in [-0.3, -0.25) is 9.59 Å². The molecule has 0 atom stereocenters. The van der Waals surface area contributed by atoms with Crippen molar-refractivity contribution in [2.75, 3.05) is 7.05 Å². The van der Waals surface area contributed by atoms with Crippen LogP contribution in [0.3, 0.4) is 0 Å². The second kappa shape index (κ2) is 6.00. The normalized spacial score (nSPS) is 11.2. The van der Waals surface area contributed by atoms with Crippen LogP contribution in [0.15, 0.2) is 18.2 Å². The molecular formula is C16H23NO2.